The Balaban J connectivity index is 2.12. The number of hydrogen-bond acceptors (Lipinski definition) is 3. The third-order valence-electron chi connectivity index (χ3n) is 4.16. The summed E-state index contributed by atoms with van der Waals surface area (Å²) in [6, 6.07) is 5.87. The Morgan fingerprint density at radius 1 is 1.37 bits per heavy atom. The van der Waals surface area contributed by atoms with E-state index >= 15 is 0 Å². The van der Waals surface area contributed by atoms with Gasteiger partial charge in [-0.3, -0.25) is 5.10 Å². The fourth-order valence-corrected chi connectivity index (χ4v) is 2.23. The topological polar surface area (TPSA) is 60.9 Å². The first-order valence-electron chi connectivity index (χ1n) is 6.94. The molecule has 0 radical (unpaired) electrons. The van der Waals surface area contributed by atoms with Crippen LogP contribution in [0.15, 0.2) is 24.4 Å². The summed E-state index contributed by atoms with van der Waals surface area (Å²) in [4.78, 5) is 0. The number of aromatic amines is 1. The van der Waals surface area contributed by atoms with E-state index < -0.39 is 6.10 Å². The largest absolute Gasteiger partial charge is 0.387 e. The highest BCUT2D eigenvalue weighted by Crippen LogP contribution is 2.23. The van der Waals surface area contributed by atoms with Crippen LogP contribution in [-0.2, 0) is 0 Å². The van der Waals surface area contributed by atoms with E-state index in [9.17, 15) is 5.11 Å². The molecule has 0 spiro atoms. The van der Waals surface area contributed by atoms with Gasteiger partial charge in [-0.05, 0) is 31.4 Å². The van der Waals surface area contributed by atoms with Gasteiger partial charge in [0.05, 0.1) is 17.8 Å². The maximum Gasteiger partial charge on any atom is 0.0921 e. The zero-order valence-corrected chi connectivity index (χ0v) is 11.9. The summed E-state index contributed by atoms with van der Waals surface area (Å²) in [6.07, 6.45) is 3.35. The number of rotatable bonds is 6. The minimum Gasteiger partial charge on any atom is -0.387 e. The number of aliphatic hydroxyl groups excluding tert-OH is 1. The van der Waals surface area contributed by atoms with Gasteiger partial charge in [0.15, 0.2) is 0 Å². The van der Waals surface area contributed by atoms with Crippen molar-refractivity contribution in [2.45, 2.75) is 45.3 Å². The van der Waals surface area contributed by atoms with Gasteiger partial charge in [0.2, 0.25) is 0 Å². The third kappa shape index (κ3) is 2.96. The highest BCUT2D eigenvalue weighted by Gasteiger charge is 2.21. The number of H-pyrrole nitrogens is 1. The normalized spacial score (nSPS) is 13.9. The third-order valence-corrected chi connectivity index (χ3v) is 4.16. The van der Waals surface area contributed by atoms with E-state index in [4.69, 9.17) is 0 Å². The second-order valence-corrected chi connectivity index (χ2v) is 5.34. The average molecular weight is 261 g/mol. The van der Waals surface area contributed by atoms with E-state index in [1.165, 1.54) is 0 Å². The van der Waals surface area contributed by atoms with Crippen molar-refractivity contribution in [1.29, 1.82) is 0 Å². The van der Waals surface area contributed by atoms with Crippen LogP contribution in [0.3, 0.4) is 0 Å². The summed E-state index contributed by atoms with van der Waals surface area (Å²) in [5.41, 5.74) is 1.98. The standard InChI is InChI=1S/C15H23N3O/c1-4-15(3,5-2)16-10-14(19)11-7-6-8-13-12(11)9-17-18-13/h6-9,14,16,19H,4-5,10H2,1-3H3,(H,17,18)/t14-/m0/s1. The molecule has 0 saturated carbocycles. The summed E-state index contributed by atoms with van der Waals surface area (Å²) < 4.78 is 0. The lowest BCUT2D eigenvalue weighted by molar-refractivity contribution is 0.157. The molecule has 0 bridgehead atoms. The second kappa shape index (κ2) is 5.72. The van der Waals surface area contributed by atoms with Crippen LogP contribution in [0, 0.1) is 0 Å². The molecule has 0 aliphatic carbocycles. The molecule has 0 amide bonds. The van der Waals surface area contributed by atoms with E-state index in [1.807, 2.05) is 18.2 Å². The van der Waals surface area contributed by atoms with Crippen LogP contribution in [-0.4, -0.2) is 27.4 Å². The first-order chi connectivity index (χ1) is 9.09. The van der Waals surface area contributed by atoms with Crippen molar-refractivity contribution in [1.82, 2.24) is 15.5 Å². The smallest absolute Gasteiger partial charge is 0.0921 e. The molecule has 2 aromatic rings. The number of aromatic nitrogens is 2. The molecule has 2 rings (SSSR count). The molecule has 4 nitrogen and oxygen atoms in total. The highest BCUT2D eigenvalue weighted by molar-refractivity contribution is 5.81. The number of nitrogens with one attached hydrogen (secondary N) is 2. The first kappa shape index (κ1) is 14.0. The molecule has 1 aromatic carbocycles. The van der Waals surface area contributed by atoms with Gasteiger partial charge in [-0.15, -0.1) is 0 Å². The van der Waals surface area contributed by atoms with Crippen LogP contribution in [0.2, 0.25) is 0 Å². The quantitative estimate of drug-likeness (QED) is 0.749. The first-order valence-corrected chi connectivity index (χ1v) is 6.94. The van der Waals surface area contributed by atoms with Gasteiger partial charge in [0, 0.05) is 17.5 Å². The maximum absolute atomic E-state index is 10.4. The van der Waals surface area contributed by atoms with Gasteiger partial charge in [0.25, 0.3) is 0 Å². The minimum atomic E-state index is -0.515. The molecule has 4 heteroatoms. The van der Waals surface area contributed by atoms with Gasteiger partial charge in [-0.2, -0.15) is 5.10 Å². The van der Waals surface area contributed by atoms with Gasteiger partial charge in [0.1, 0.15) is 0 Å². The average Bonchev–Trinajstić information content (AvgIpc) is 2.92. The summed E-state index contributed by atoms with van der Waals surface area (Å²) in [7, 11) is 0. The lowest BCUT2D eigenvalue weighted by Crippen LogP contribution is -2.43. The van der Waals surface area contributed by atoms with Crippen LogP contribution in [0.25, 0.3) is 10.9 Å². The van der Waals surface area contributed by atoms with Crippen molar-refractivity contribution in [3.63, 3.8) is 0 Å². The molecule has 104 valence electrons. The number of aliphatic hydroxyl groups is 1. The minimum absolute atomic E-state index is 0.0886. The maximum atomic E-state index is 10.4. The molecule has 1 aromatic heterocycles. The lowest BCUT2D eigenvalue weighted by atomic mass is 9.94. The van der Waals surface area contributed by atoms with Crippen LogP contribution in [0.1, 0.15) is 45.3 Å². The summed E-state index contributed by atoms with van der Waals surface area (Å²) in [5, 5.41) is 21.8. The van der Waals surface area contributed by atoms with E-state index in [2.05, 4.69) is 36.3 Å². The predicted octanol–water partition coefficient (Wildman–Crippen LogP) is 2.76. The van der Waals surface area contributed by atoms with Crippen LogP contribution < -0.4 is 5.32 Å². The van der Waals surface area contributed by atoms with Gasteiger partial charge >= 0.3 is 0 Å². The Bertz CT molecular complexity index is 531. The Morgan fingerprint density at radius 2 is 2.11 bits per heavy atom. The predicted molar refractivity (Wildman–Crippen MR) is 78.0 cm³/mol. The van der Waals surface area contributed by atoms with E-state index in [0.717, 1.165) is 29.3 Å². The van der Waals surface area contributed by atoms with Crippen molar-refractivity contribution in [2.75, 3.05) is 6.54 Å². The molecule has 0 fully saturated rings. The highest BCUT2D eigenvalue weighted by atomic mass is 16.3. The Kier molecular flexibility index (Phi) is 4.22. The molecular formula is C15H23N3O. The Hall–Kier alpha value is -1.39. The Labute approximate surface area is 114 Å². The lowest BCUT2D eigenvalue weighted by Gasteiger charge is -2.29. The van der Waals surface area contributed by atoms with Gasteiger partial charge in [-0.1, -0.05) is 26.0 Å². The van der Waals surface area contributed by atoms with Crippen molar-refractivity contribution in [3.8, 4) is 0 Å². The molecule has 0 saturated heterocycles. The zero-order valence-electron chi connectivity index (χ0n) is 11.9. The van der Waals surface area contributed by atoms with E-state index in [0.29, 0.717) is 6.54 Å². The van der Waals surface area contributed by atoms with Crippen molar-refractivity contribution < 1.29 is 5.11 Å². The molecule has 0 aliphatic heterocycles. The molecule has 0 unspecified atom stereocenters. The molecular weight excluding hydrogens is 238 g/mol. The summed E-state index contributed by atoms with van der Waals surface area (Å²) in [5.74, 6) is 0. The van der Waals surface area contributed by atoms with Gasteiger partial charge < -0.3 is 10.4 Å². The molecule has 3 N–H and O–H groups in total. The van der Waals surface area contributed by atoms with Crippen molar-refractivity contribution >= 4 is 10.9 Å². The summed E-state index contributed by atoms with van der Waals surface area (Å²) >= 11 is 0. The van der Waals surface area contributed by atoms with Crippen molar-refractivity contribution in [2.24, 2.45) is 0 Å². The number of hydrogen-bond donors (Lipinski definition) is 3. The van der Waals surface area contributed by atoms with E-state index in [1.54, 1.807) is 6.20 Å². The number of nitrogens with zero attached hydrogens (tertiary/aromatic N) is 1. The van der Waals surface area contributed by atoms with Crippen molar-refractivity contribution in [3.05, 3.63) is 30.0 Å². The molecule has 1 atom stereocenters. The fraction of sp³-hybridized carbons (Fsp3) is 0.533. The van der Waals surface area contributed by atoms with Gasteiger partial charge in [-0.25, -0.2) is 0 Å². The SMILES string of the molecule is CCC(C)(CC)NC[C@H](O)c1cccc2[nH]ncc12. The Morgan fingerprint density at radius 3 is 2.79 bits per heavy atom. The number of β-amino-alcohol motifs (C(OH)–C–C–N with tert-alkyl or cyclic N) is 1. The number of benzene rings is 1. The van der Waals surface area contributed by atoms with Crippen LogP contribution in [0.5, 0.6) is 0 Å². The second-order valence-electron chi connectivity index (χ2n) is 5.34. The van der Waals surface area contributed by atoms with E-state index in [-0.39, 0.29) is 5.54 Å². The fourth-order valence-electron chi connectivity index (χ4n) is 2.23. The monoisotopic (exact) mass is 261 g/mol. The summed E-state index contributed by atoms with van der Waals surface area (Å²) in [6.45, 7) is 7.08. The number of fused-ring (bicyclic) bond motifs is 1. The van der Waals surface area contributed by atoms with Crippen LogP contribution in [0.4, 0.5) is 0 Å². The van der Waals surface area contributed by atoms with Crippen LogP contribution >= 0.6 is 0 Å². The molecule has 1 heterocycles. The zero-order chi connectivity index (χ0) is 13.9. The molecule has 0 aliphatic rings. The molecule has 19 heavy (non-hydrogen) atoms.